The summed E-state index contributed by atoms with van der Waals surface area (Å²) in [4.78, 5) is 11.8. The van der Waals surface area contributed by atoms with Gasteiger partial charge in [-0.25, -0.2) is 0 Å². The minimum atomic E-state index is -0.242. The third-order valence-corrected chi connectivity index (χ3v) is 3.58. The first-order valence-corrected chi connectivity index (χ1v) is 7.44. The summed E-state index contributed by atoms with van der Waals surface area (Å²) >= 11 is 8.21. The van der Waals surface area contributed by atoms with Crippen molar-refractivity contribution in [2.75, 3.05) is 11.9 Å². The lowest BCUT2D eigenvalue weighted by Crippen LogP contribution is -2.20. The van der Waals surface area contributed by atoms with Crippen LogP contribution in [0.4, 0.5) is 5.69 Å². The Balaban J connectivity index is 1.90. The van der Waals surface area contributed by atoms with Crippen molar-refractivity contribution in [3.05, 3.63) is 56.6 Å². The molecule has 0 fully saturated rings. The highest BCUT2D eigenvalue weighted by Gasteiger charge is 2.07. The Morgan fingerprint density at radius 2 is 1.95 bits per heavy atom. The van der Waals surface area contributed by atoms with Gasteiger partial charge in [0.15, 0.2) is 6.61 Å². The van der Waals surface area contributed by atoms with E-state index in [9.17, 15) is 4.79 Å². The molecule has 104 valence electrons. The van der Waals surface area contributed by atoms with Crippen molar-refractivity contribution in [3.8, 4) is 5.75 Å². The lowest BCUT2D eigenvalue weighted by molar-refractivity contribution is -0.118. The van der Waals surface area contributed by atoms with Gasteiger partial charge >= 0.3 is 0 Å². The van der Waals surface area contributed by atoms with Crippen LogP contribution in [0.15, 0.2) is 42.5 Å². The molecule has 0 aliphatic carbocycles. The Labute approximate surface area is 136 Å². The van der Waals surface area contributed by atoms with E-state index < -0.39 is 0 Å². The van der Waals surface area contributed by atoms with Crippen molar-refractivity contribution in [1.82, 2.24) is 0 Å². The largest absolute Gasteiger partial charge is 0.484 e. The van der Waals surface area contributed by atoms with Crippen molar-refractivity contribution in [3.63, 3.8) is 0 Å². The molecule has 0 unspecified atom stereocenters. The van der Waals surface area contributed by atoms with Crippen LogP contribution in [0.2, 0.25) is 5.02 Å². The smallest absolute Gasteiger partial charge is 0.262 e. The maximum atomic E-state index is 11.8. The quantitative estimate of drug-likeness (QED) is 0.777. The highest BCUT2D eigenvalue weighted by Crippen LogP contribution is 2.23. The molecule has 0 aliphatic heterocycles. The Kier molecular flexibility index (Phi) is 5.25. The minimum Gasteiger partial charge on any atom is -0.484 e. The summed E-state index contributed by atoms with van der Waals surface area (Å²) in [7, 11) is 0. The molecule has 2 aromatic rings. The predicted molar refractivity (Wildman–Crippen MR) is 89.5 cm³/mol. The average molecular weight is 402 g/mol. The molecule has 0 heterocycles. The molecule has 0 saturated heterocycles. The first kappa shape index (κ1) is 15.1. The van der Waals surface area contributed by atoms with E-state index in [-0.39, 0.29) is 12.5 Å². The van der Waals surface area contributed by atoms with Gasteiger partial charge in [-0.3, -0.25) is 4.79 Å². The number of hydrogen-bond donors (Lipinski definition) is 1. The number of benzene rings is 2. The number of carbonyl (C=O) groups is 1. The second-order valence-corrected chi connectivity index (χ2v) is 5.93. The zero-order valence-corrected chi connectivity index (χ0v) is 13.7. The van der Waals surface area contributed by atoms with Gasteiger partial charge in [0.25, 0.3) is 5.91 Å². The number of aryl methyl sites for hydroxylation is 1. The fraction of sp³-hybridized carbons (Fsp3) is 0.133. The molecule has 0 aliphatic rings. The molecule has 0 bridgehead atoms. The molecule has 0 atom stereocenters. The molecular weight excluding hydrogens is 389 g/mol. The Hall–Kier alpha value is -1.27. The van der Waals surface area contributed by atoms with E-state index in [1.807, 2.05) is 37.3 Å². The molecule has 1 N–H and O–H groups in total. The molecule has 0 spiro atoms. The lowest BCUT2D eigenvalue weighted by Gasteiger charge is -2.09. The van der Waals surface area contributed by atoms with Gasteiger partial charge < -0.3 is 10.1 Å². The van der Waals surface area contributed by atoms with E-state index in [2.05, 4.69) is 27.9 Å². The summed E-state index contributed by atoms with van der Waals surface area (Å²) in [5.74, 6) is 0.424. The van der Waals surface area contributed by atoms with E-state index >= 15 is 0 Å². The number of rotatable bonds is 4. The van der Waals surface area contributed by atoms with Crippen molar-refractivity contribution in [2.24, 2.45) is 0 Å². The Bertz CT molecular complexity index is 614. The molecule has 2 rings (SSSR count). The summed E-state index contributed by atoms with van der Waals surface area (Å²) in [5.41, 5.74) is 1.73. The molecule has 3 nitrogen and oxygen atoms in total. The first-order valence-electron chi connectivity index (χ1n) is 5.99. The third kappa shape index (κ3) is 4.38. The Morgan fingerprint density at radius 1 is 1.25 bits per heavy atom. The van der Waals surface area contributed by atoms with E-state index in [4.69, 9.17) is 16.3 Å². The second-order valence-electron chi connectivity index (χ2n) is 4.27. The van der Waals surface area contributed by atoms with Crippen molar-refractivity contribution in [2.45, 2.75) is 6.92 Å². The molecule has 20 heavy (non-hydrogen) atoms. The highest BCUT2D eigenvalue weighted by atomic mass is 127. The Morgan fingerprint density at radius 3 is 2.60 bits per heavy atom. The SMILES string of the molecule is Cc1ccc(OCC(=O)Nc2ccc(I)cc2Cl)cc1. The summed E-state index contributed by atoms with van der Waals surface area (Å²) in [5, 5.41) is 3.23. The van der Waals surface area contributed by atoms with E-state index in [0.717, 1.165) is 9.13 Å². The normalized spacial score (nSPS) is 10.2. The van der Waals surface area contributed by atoms with Gasteiger partial charge in [0, 0.05) is 3.57 Å². The monoisotopic (exact) mass is 401 g/mol. The standard InChI is InChI=1S/C15H13ClINO2/c1-10-2-5-12(6-3-10)20-9-15(19)18-14-7-4-11(17)8-13(14)16/h2-8H,9H2,1H3,(H,18,19). The third-order valence-electron chi connectivity index (χ3n) is 2.60. The number of halogens is 2. The number of carbonyl (C=O) groups excluding carboxylic acids is 1. The van der Waals surface area contributed by atoms with Crippen LogP contribution in [-0.4, -0.2) is 12.5 Å². The van der Waals surface area contributed by atoms with E-state index in [1.54, 1.807) is 12.1 Å². The minimum absolute atomic E-state index is 0.0502. The first-order chi connectivity index (χ1) is 9.54. The number of ether oxygens (including phenoxy) is 1. The van der Waals surface area contributed by atoms with E-state index in [0.29, 0.717) is 16.5 Å². The molecule has 2 aromatic carbocycles. The van der Waals surface area contributed by atoms with E-state index in [1.165, 1.54) is 0 Å². The van der Waals surface area contributed by atoms with Crippen LogP contribution in [0.5, 0.6) is 5.75 Å². The van der Waals surface area contributed by atoms with Gasteiger partial charge in [-0.05, 0) is 59.8 Å². The summed E-state index contributed by atoms with van der Waals surface area (Å²) in [6, 6.07) is 13.0. The number of anilines is 1. The van der Waals surface area contributed by atoms with Crippen LogP contribution in [0.25, 0.3) is 0 Å². The van der Waals surface area contributed by atoms with Crippen LogP contribution in [0.1, 0.15) is 5.56 Å². The fourth-order valence-corrected chi connectivity index (χ4v) is 2.46. The highest BCUT2D eigenvalue weighted by molar-refractivity contribution is 14.1. The van der Waals surface area contributed by atoms with Gasteiger partial charge in [-0.15, -0.1) is 0 Å². The number of nitrogens with one attached hydrogen (secondary N) is 1. The molecular formula is C15H13ClINO2. The topological polar surface area (TPSA) is 38.3 Å². The predicted octanol–water partition coefficient (Wildman–Crippen LogP) is 4.27. The second kappa shape index (κ2) is 6.95. The molecule has 1 amide bonds. The van der Waals surface area contributed by atoms with Crippen molar-refractivity contribution >= 4 is 45.8 Å². The molecule has 0 radical (unpaired) electrons. The maximum absolute atomic E-state index is 11.8. The average Bonchev–Trinajstić information content (AvgIpc) is 2.41. The molecule has 0 saturated carbocycles. The van der Waals surface area contributed by atoms with Crippen molar-refractivity contribution in [1.29, 1.82) is 0 Å². The van der Waals surface area contributed by atoms with Gasteiger partial charge in [-0.2, -0.15) is 0 Å². The molecule has 5 heteroatoms. The van der Waals surface area contributed by atoms with Crippen molar-refractivity contribution < 1.29 is 9.53 Å². The zero-order valence-electron chi connectivity index (χ0n) is 10.8. The zero-order chi connectivity index (χ0) is 14.5. The van der Waals surface area contributed by atoms with Crippen LogP contribution in [0, 0.1) is 10.5 Å². The van der Waals surface area contributed by atoms with Gasteiger partial charge in [0.1, 0.15) is 5.75 Å². The molecule has 0 aromatic heterocycles. The number of hydrogen-bond acceptors (Lipinski definition) is 2. The summed E-state index contributed by atoms with van der Waals surface area (Å²) < 4.78 is 6.42. The van der Waals surface area contributed by atoms with Crippen LogP contribution in [-0.2, 0) is 4.79 Å². The van der Waals surface area contributed by atoms with Gasteiger partial charge in [0.2, 0.25) is 0 Å². The van der Waals surface area contributed by atoms with Crippen LogP contribution in [0.3, 0.4) is 0 Å². The lowest BCUT2D eigenvalue weighted by atomic mass is 10.2. The summed E-state index contributed by atoms with van der Waals surface area (Å²) in [6.45, 7) is 1.95. The van der Waals surface area contributed by atoms with Gasteiger partial charge in [-0.1, -0.05) is 29.3 Å². The summed E-state index contributed by atoms with van der Waals surface area (Å²) in [6.07, 6.45) is 0. The maximum Gasteiger partial charge on any atom is 0.262 e. The van der Waals surface area contributed by atoms with Gasteiger partial charge in [0.05, 0.1) is 10.7 Å². The number of amides is 1. The van der Waals surface area contributed by atoms with Crippen LogP contribution >= 0.6 is 34.2 Å². The van der Waals surface area contributed by atoms with Crippen LogP contribution < -0.4 is 10.1 Å². The fourth-order valence-electron chi connectivity index (χ4n) is 1.56.